The Morgan fingerprint density at radius 3 is 2.95 bits per heavy atom. The van der Waals surface area contributed by atoms with Crippen molar-refractivity contribution in [2.45, 2.75) is 58.5 Å². The zero-order chi connectivity index (χ0) is 16.0. The zero-order valence-corrected chi connectivity index (χ0v) is 14.5. The fourth-order valence-electron chi connectivity index (χ4n) is 2.87. The van der Waals surface area contributed by atoms with E-state index >= 15 is 0 Å². The summed E-state index contributed by atoms with van der Waals surface area (Å²) in [5, 5.41) is 0. The Morgan fingerprint density at radius 2 is 2.27 bits per heavy atom. The predicted octanol–water partition coefficient (Wildman–Crippen LogP) is 1.79. The molecule has 22 heavy (non-hydrogen) atoms. The maximum atomic E-state index is 12.1. The lowest BCUT2D eigenvalue weighted by Crippen LogP contribution is -2.43. The van der Waals surface area contributed by atoms with Gasteiger partial charge in [-0.25, -0.2) is 18.1 Å². The first-order valence-electron chi connectivity index (χ1n) is 8.21. The summed E-state index contributed by atoms with van der Waals surface area (Å²) < 4.78 is 27.1. The maximum absolute atomic E-state index is 12.1. The minimum absolute atomic E-state index is 0.0172. The first-order chi connectivity index (χ1) is 10.5. The van der Waals surface area contributed by atoms with Crippen molar-refractivity contribution in [1.29, 1.82) is 0 Å². The fraction of sp³-hybridized carbons (Fsp3) is 0.800. The number of likely N-dealkylation sites (tertiary alicyclic amines) is 1. The molecule has 0 aliphatic carbocycles. The number of nitrogens with one attached hydrogen (secondary N) is 2. The molecule has 0 amide bonds. The van der Waals surface area contributed by atoms with Gasteiger partial charge in [-0.05, 0) is 32.7 Å². The first-order valence-corrected chi connectivity index (χ1v) is 9.86. The van der Waals surface area contributed by atoms with Crippen molar-refractivity contribution in [2.75, 3.05) is 18.8 Å². The second-order valence-corrected chi connectivity index (χ2v) is 8.07. The summed E-state index contributed by atoms with van der Waals surface area (Å²) in [6.45, 7) is 6.57. The number of nitrogens with zero attached hydrogens (tertiary/aromatic N) is 2. The molecule has 0 bridgehead atoms. The Kier molecular flexibility index (Phi) is 6.40. The Labute approximate surface area is 133 Å². The lowest BCUT2D eigenvalue weighted by atomic mass is 10.1. The summed E-state index contributed by atoms with van der Waals surface area (Å²) in [6, 6.07) is 0.0172. The van der Waals surface area contributed by atoms with Gasteiger partial charge in [-0.1, -0.05) is 19.8 Å². The van der Waals surface area contributed by atoms with Gasteiger partial charge in [0.05, 0.1) is 17.8 Å². The number of hydrogen-bond donors (Lipinski definition) is 2. The number of unbranched alkanes of at least 4 members (excludes halogenated alkanes) is 1. The number of rotatable bonds is 7. The standard InChI is InChI=1S/C15H28N4O2S/c1-3-4-9-22(20,21)18-14-7-5-6-8-19(10-14)11-15-13(2)16-12-17-15/h12,14,18H,3-11H2,1-2H3,(H,16,17). The Bertz CT molecular complexity index is 556. The first kappa shape index (κ1) is 17.4. The lowest BCUT2D eigenvalue weighted by molar-refractivity contribution is 0.257. The molecule has 1 aliphatic rings. The SMILES string of the molecule is CCCCS(=O)(=O)NC1CCCCN(Cc2nc[nH]c2C)C1. The Balaban J connectivity index is 1.93. The summed E-state index contributed by atoms with van der Waals surface area (Å²) in [5.41, 5.74) is 2.14. The summed E-state index contributed by atoms with van der Waals surface area (Å²) in [4.78, 5) is 9.75. The molecule has 1 aromatic rings. The van der Waals surface area contributed by atoms with Gasteiger partial charge >= 0.3 is 0 Å². The number of imidazole rings is 1. The number of sulfonamides is 1. The van der Waals surface area contributed by atoms with Crippen LogP contribution in [0.15, 0.2) is 6.33 Å². The van der Waals surface area contributed by atoms with E-state index in [0.29, 0.717) is 0 Å². The van der Waals surface area contributed by atoms with Crippen molar-refractivity contribution in [3.63, 3.8) is 0 Å². The molecule has 1 fully saturated rings. The van der Waals surface area contributed by atoms with Crippen molar-refractivity contribution < 1.29 is 8.42 Å². The Morgan fingerprint density at radius 1 is 1.45 bits per heavy atom. The lowest BCUT2D eigenvalue weighted by Gasteiger charge is -2.24. The van der Waals surface area contributed by atoms with Gasteiger partial charge in [0.15, 0.2) is 0 Å². The highest BCUT2D eigenvalue weighted by Gasteiger charge is 2.23. The molecule has 1 aromatic heterocycles. The summed E-state index contributed by atoms with van der Waals surface area (Å²) in [6.07, 6.45) is 6.43. The van der Waals surface area contributed by atoms with Gasteiger partial charge in [-0.15, -0.1) is 0 Å². The van der Waals surface area contributed by atoms with E-state index < -0.39 is 10.0 Å². The summed E-state index contributed by atoms with van der Waals surface area (Å²) >= 11 is 0. The second-order valence-electron chi connectivity index (χ2n) is 6.19. The average Bonchev–Trinajstić information content (AvgIpc) is 2.72. The molecule has 1 aliphatic heterocycles. The van der Waals surface area contributed by atoms with Gasteiger partial charge < -0.3 is 4.98 Å². The van der Waals surface area contributed by atoms with Gasteiger partial charge in [0, 0.05) is 24.8 Å². The molecule has 0 spiro atoms. The predicted molar refractivity (Wildman–Crippen MR) is 88.1 cm³/mol. The summed E-state index contributed by atoms with van der Waals surface area (Å²) in [5.74, 6) is 0.235. The van der Waals surface area contributed by atoms with Gasteiger partial charge in [0.2, 0.25) is 10.0 Å². The topological polar surface area (TPSA) is 78.1 Å². The summed E-state index contributed by atoms with van der Waals surface area (Å²) in [7, 11) is -3.15. The minimum Gasteiger partial charge on any atom is -0.348 e. The van der Waals surface area contributed by atoms with Crippen molar-refractivity contribution in [3.8, 4) is 0 Å². The van der Waals surface area contributed by atoms with Crippen LogP contribution in [-0.2, 0) is 16.6 Å². The van der Waals surface area contributed by atoms with E-state index in [1.54, 1.807) is 6.33 Å². The highest BCUT2D eigenvalue weighted by atomic mass is 32.2. The molecule has 0 radical (unpaired) electrons. The molecule has 0 saturated carbocycles. The van der Waals surface area contributed by atoms with E-state index in [2.05, 4.69) is 19.6 Å². The van der Waals surface area contributed by atoms with Crippen LogP contribution in [0.5, 0.6) is 0 Å². The molecule has 1 unspecified atom stereocenters. The van der Waals surface area contributed by atoms with Crippen molar-refractivity contribution in [2.24, 2.45) is 0 Å². The molecule has 1 atom stereocenters. The van der Waals surface area contributed by atoms with Crippen molar-refractivity contribution in [1.82, 2.24) is 19.6 Å². The molecule has 1 saturated heterocycles. The third-order valence-corrected chi connectivity index (χ3v) is 5.69. The monoisotopic (exact) mass is 328 g/mol. The van der Waals surface area contributed by atoms with Crippen molar-refractivity contribution >= 4 is 10.0 Å². The third kappa shape index (κ3) is 5.37. The molecule has 2 rings (SSSR count). The van der Waals surface area contributed by atoms with Crippen LogP contribution in [-0.4, -0.2) is 48.2 Å². The number of H-pyrrole nitrogens is 1. The zero-order valence-electron chi connectivity index (χ0n) is 13.6. The largest absolute Gasteiger partial charge is 0.348 e. The molecule has 6 nitrogen and oxygen atoms in total. The molecule has 0 aromatic carbocycles. The second kappa shape index (κ2) is 8.08. The van der Waals surface area contributed by atoms with Crippen LogP contribution in [0.2, 0.25) is 0 Å². The molecule has 2 N–H and O–H groups in total. The van der Waals surface area contributed by atoms with E-state index in [1.807, 2.05) is 13.8 Å². The molecule has 126 valence electrons. The highest BCUT2D eigenvalue weighted by Crippen LogP contribution is 2.15. The third-order valence-electron chi connectivity index (χ3n) is 4.18. The van der Waals surface area contributed by atoms with E-state index in [-0.39, 0.29) is 11.8 Å². The van der Waals surface area contributed by atoms with Crippen molar-refractivity contribution in [3.05, 3.63) is 17.7 Å². The molecule has 2 heterocycles. The number of aryl methyl sites for hydroxylation is 1. The number of aromatic nitrogens is 2. The Hall–Kier alpha value is -0.920. The molecule has 7 heteroatoms. The van der Waals surface area contributed by atoms with E-state index in [9.17, 15) is 8.42 Å². The van der Waals surface area contributed by atoms with Crippen LogP contribution < -0.4 is 4.72 Å². The number of hydrogen-bond acceptors (Lipinski definition) is 4. The minimum atomic E-state index is -3.15. The van der Waals surface area contributed by atoms with Crippen LogP contribution in [0.4, 0.5) is 0 Å². The molecular weight excluding hydrogens is 300 g/mol. The van der Waals surface area contributed by atoms with Gasteiger partial charge in [0.25, 0.3) is 0 Å². The number of aromatic amines is 1. The average molecular weight is 328 g/mol. The van der Waals surface area contributed by atoms with Gasteiger partial charge in [0.1, 0.15) is 0 Å². The van der Waals surface area contributed by atoms with E-state index in [1.165, 1.54) is 0 Å². The van der Waals surface area contributed by atoms with Crippen LogP contribution in [0, 0.1) is 6.92 Å². The van der Waals surface area contributed by atoms with Gasteiger partial charge in [-0.2, -0.15) is 0 Å². The van der Waals surface area contributed by atoms with Crippen LogP contribution in [0.1, 0.15) is 50.4 Å². The fourth-order valence-corrected chi connectivity index (χ4v) is 4.35. The van der Waals surface area contributed by atoms with Crippen LogP contribution in [0.3, 0.4) is 0 Å². The van der Waals surface area contributed by atoms with Crippen LogP contribution >= 0.6 is 0 Å². The smallest absolute Gasteiger partial charge is 0.211 e. The normalized spacial score (nSPS) is 20.9. The quantitative estimate of drug-likeness (QED) is 0.800. The van der Waals surface area contributed by atoms with E-state index in [0.717, 1.165) is 63.1 Å². The van der Waals surface area contributed by atoms with Gasteiger partial charge in [-0.3, -0.25) is 4.90 Å². The maximum Gasteiger partial charge on any atom is 0.211 e. The van der Waals surface area contributed by atoms with E-state index in [4.69, 9.17) is 0 Å². The molecular formula is C15H28N4O2S. The van der Waals surface area contributed by atoms with Crippen LogP contribution in [0.25, 0.3) is 0 Å². The highest BCUT2D eigenvalue weighted by molar-refractivity contribution is 7.89.